The quantitative estimate of drug-likeness (QED) is 0.624. The van der Waals surface area contributed by atoms with E-state index in [0.29, 0.717) is 31.6 Å². The second-order valence-corrected chi connectivity index (χ2v) is 8.02. The maximum absolute atomic E-state index is 14.6. The Hall–Kier alpha value is -3.19. The van der Waals surface area contributed by atoms with E-state index in [2.05, 4.69) is 10.4 Å². The summed E-state index contributed by atoms with van der Waals surface area (Å²) in [6.07, 6.45) is 1.13. The molecule has 0 spiro atoms. The Morgan fingerprint density at radius 2 is 1.94 bits per heavy atom. The van der Waals surface area contributed by atoms with Crippen LogP contribution in [-0.4, -0.2) is 28.1 Å². The number of aryl methyl sites for hydroxylation is 2. The Labute approximate surface area is 184 Å². The van der Waals surface area contributed by atoms with Gasteiger partial charge in [0.05, 0.1) is 23.5 Å². The van der Waals surface area contributed by atoms with Crippen LogP contribution < -0.4 is 10.2 Å². The van der Waals surface area contributed by atoms with E-state index in [1.165, 1.54) is 17.0 Å². The van der Waals surface area contributed by atoms with E-state index in [9.17, 15) is 14.0 Å². The highest BCUT2D eigenvalue weighted by molar-refractivity contribution is 6.33. The average Bonchev–Trinajstić information content (AvgIpc) is 3.26. The monoisotopic (exact) mass is 440 g/mol. The standard InChI is InChI=1S/C23H22ClFN4O2/c1-14-5-7-16(8-6-14)13-29-22(24)21(15(2)27-29)23(31)26-17-9-10-19(18(25)12-17)28-11-3-4-20(28)30/h5-10,12H,3-4,11,13H2,1-2H3,(H,26,31). The van der Waals surface area contributed by atoms with Gasteiger partial charge < -0.3 is 10.2 Å². The van der Waals surface area contributed by atoms with E-state index in [-0.39, 0.29) is 28.0 Å². The van der Waals surface area contributed by atoms with Crippen molar-refractivity contribution in [2.45, 2.75) is 33.2 Å². The number of carbonyl (C=O) groups is 2. The highest BCUT2D eigenvalue weighted by Crippen LogP contribution is 2.28. The van der Waals surface area contributed by atoms with Crippen molar-refractivity contribution in [3.63, 3.8) is 0 Å². The molecular formula is C23H22ClFN4O2. The van der Waals surface area contributed by atoms with E-state index in [0.717, 1.165) is 11.1 Å². The lowest BCUT2D eigenvalue weighted by Gasteiger charge is -2.17. The molecule has 2 aromatic carbocycles. The summed E-state index contributed by atoms with van der Waals surface area (Å²) in [7, 11) is 0. The Bertz CT molecular complexity index is 1160. The van der Waals surface area contributed by atoms with Crippen LogP contribution in [0.2, 0.25) is 5.15 Å². The van der Waals surface area contributed by atoms with Crippen molar-refractivity contribution in [2.24, 2.45) is 0 Å². The number of hydrogen-bond acceptors (Lipinski definition) is 3. The molecule has 4 rings (SSSR count). The highest BCUT2D eigenvalue weighted by atomic mass is 35.5. The largest absolute Gasteiger partial charge is 0.322 e. The van der Waals surface area contributed by atoms with Gasteiger partial charge in [-0.2, -0.15) is 5.10 Å². The molecule has 2 heterocycles. The molecule has 2 amide bonds. The number of hydrogen-bond donors (Lipinski definition) is 1. The molecule has 0 atom stereocenters. The van der Waals surface area contributed by atoms with Gasteiger partial charge in [-0.05, 0) is 44.0 Å². The Balaban J connectivity index is 1.52. The summed E-state index contributed by atoms with van der Waals surface area (Å²) in [6, 6.07) is 12.3. The fourth-order valence-corrected chi connectivity index (χ4v) is 4.00. The van der Waals surface area contributed by atoms with Crippen LogP contribution in [0.3, 0.4) is 0 Å². The highest BCUT2D eigenvalue weighted by Gasteiger charge is 2.25. The molecule has 1 saturated heterocycles. The molecule has 0 saturated carbocycles. The summed E-state index contributed by atoms with van der Waals surface area (Å²) in [5.74, 6) is -1.13. The van der Waals surface area contributed by atoms with Gasteiger partial charge in [-0.15, -0.1) is 0 Å². The predicted molar refractivity (Wildman–Crippen MR) is 118 cm³/mol. The topological polar surface area (TPSA) is 67.2 Å². The van der Waals surface area contributed by atoms with Crippen LogP contribution in [0.15, 0.2) is 42.5 Å². The minimum absolute atomic E-state index is 0.0981. The molecule has 0 unspecified atom stereocenters. The van der Waals surface area contributed by atoms with E-state index in [1.54, 1.807) is 17.7 Å². The van der Waals surface area contributed by atoms with Gasteiger partial charge in [0.25, 0.3) is 5.91 Å². The zero-order valence-corrected chi connectivity index (χ0v) is 18.0. The first-order chi connectivity index (χ1) is 14.8. The number of aromatic nitrogens is 2. The Kier molecular flexibility index (Phi) is 5.78. The number of amides is 2. The van der Waals surface area contributed by atoms with Gasteiger partial charge >= 0.3 is 0 Å². The molecule has 1 aliphatic rings. The SMILES string of the molecule is Cc1ccc(Cn2nc(C)c(C(=O)Nc3ccc(N4CCCC4=O)c(F)c3)c2Cl)cc1. The lowest BCUT2D eigenvalue weighted by molar-refractivity contribution is -0.117. The van der Waals surface area contributed by atoms with Crippen molar-refractivity contribution in [1.29, 1.82) is 0 Å². The zero-order chi connectivity index (χ0) is 22.1. The maximum atomic E-state index is 14.6. The van der Waals surface area contributed by atoms with Crippen molar-refractivity contribution < 1.29 is 14.0 Å². The number of halogens is 2. The molecule has 0 bridgehead atoms. The van der Waals surface area contributed by atoms with E-state index < -0.39 is 11.7 Å². The number of rotatable bonds is 5. The van der Waals surface area contributed by atoms with Crippen molar-refractivity contribution in [1.82, 2.24) is 9.78 Å². The third-order valence-electron chi connectivity index (χ3n) is 5.32. The van der Waals surface area contributed by atoms with Crippen molar-refractivity contribution in [3.05, 3.63) is 75.8 Å². The van der Waals surface area contributed by atoms with Gasteiger partial charge in [0.1, 0.15) is 11.0 Å². The fourth-order valence-electron chi connectivity index (χ4n) is 3.68. The second-order valence-electron chi connectivity index (χ2n) is 7.66. The molecule has 8 heteroatoms. The van der Waals surface area contributed by atoms with Crippen LogP contribution in [-0.2, 0) is 11.3 Å². The molecule has 1 aromatic heterocycles. The van der Waals surface area contributed by atoms with Gasteiger partial charge in [-0.3, -0.25) is 9.59 Å². The summed E-state index contributed by atoms with van der Waals surface area (Å²) in [5, 5.41) is 7.28. The molecule has 0 aliphatic carbocycles. The first kappa shape index (κ1) is 21.1. The van der Waals surface area contributed by atoms with Gasteiger partial charge in [-0.25, -0.2) is 9.07 Å². The molecule has 1 N–H and O–H groups in total. The predicted octanol–water partition coefficient (Wildman–Crippen LogP) is 4.72. The molecule has 31 heavy (non-hydrogen) atoms. The van der Waals surface area contributed by atoms with Crippen LogP contribution in [0, 0.1) is 19.7 Å². The first-order valence-corrected chi connectivity index (χ1v) is 10.4. The number of carbonyl (C=O) groups excluding carboxylic acids is 2. The van der Waals surface area contributed by atoms with Crippen molar-refractivity contribution >= 4 is 34.8 Å². The molecule has 1 aliphatic heterocycles. The van der Waals surface area contributed by atoms with E-state index in [1.807, 2.05) is 31.2 Å². The van der Waals surface area contributed by atoms with Crippen LogP contribution in [0.25, 0.3) is 0 Å². The lowest BCUT2D eigenvalue weighted by Crippen LogP contribution is -2.24. The molecule has 160 valence electrons. The summed E-state index contributed by atoms with van der Waals surface area (Å²) >= 11 is 6.45. The summed E-state index contributed by atoms with van der Waals surface area (Å²) in [5.41, 5.74) is 3.39. The van der Waals surface area contributed by atoms with Crippen LogP contribution in [0.4, 0.5) is 15.8 Å². The summed E-state index contributed by atoms with van der Waals surface area (Å²) < 4.78 is 16.1. The molecule has 6 nitrogen and oxygen atoms in total. The summed E-state index contributed by atoms with van der Waals surface area (Å²) in [4.78, 5) is 26.1. The van der Waals surface area contributed by atoms with Crippen LogP contribution in [0.5, 0.6) is 0 Å². The maximum Gasteiger partial charge on any atom is 0.260 e. The number of nitrogens with zero attached hydrogens (tertiary/aromatic N) is 3. The smallest absolute Gasteiger partial charge is 0.260 e. The van der Waals surface area contributed by atoms with E-state index >= 15 is 0 Å². The normalized spacial score (nSPS) is 13.7. The average molecular weight is 441 g/mol. The van der Waals surface area contributed by atoms with Gasteiger partial charge in [-0.1, -0.05) is 41.4 Å². The van der Waals surface area contributed by atoms with Crippen LogP contribution >= 0.6 is 11.6 Å². The summed E-state index contributed by atoms with van der Waals surface area (Å²) in [6.45, 7) is 4.64. The van der Waals surface area contributed by atoms with Crippen molar-refractivity contribution in [3.8, 4) is 0 Å². The molecule has 3 aromatic rings. The number of benzene rings is 2. The molecule has 1 fully saturated rings. The number of nitrogens with one attached hydrogen (secondary N) is 1. The Morgan fingerprint density at radius 3 is 2.58 bits per heavy atom. The minimum atomic E-state index is -0.564. The fraction of sp³-hybridized carbons (Fsp3) is 0.261. The lowest BCUT2D eigenvalue weighted by atomic mass is 10.1. The van der Waals surface area contributed by atoms with Gasteiger partial charge in [0.2, 0.25) is 5.91 Å². The third-order valence-corrected chi connectivity index (χ3v) is 5.70. The Morgan fingerprint density at radius 1 is 1.19 bits per heavy atom. The molecular weight excluding hydrogens is 419 g/mol. The first-order valence-electron chi connectivity index (χ1n) is 10.0. The van der Waals surface area contributed by atoms with Gasteiger partial charge in [0, 0.05) is 18.7 Å². The second kappa shape index (κ2) is 8.51. The van der Waals surface area contributed by atoms with Gasteiger partial charge in [0.15, 0.2) is 0 Å². The zero-order valence-electron chi connectivity index (χ0n) is 17.3. The third kappa shape index (κ3) is 4.32. The van der Waals surface area contributed by atoms with E-state index in [4.69, 9.17) is 11.6 Å². The minimum Gasteiger partial charge on any atom is -0.322 e. The van der Waals surface area contributed by atoms with Crippen LogP contribution in [0.1, 0.15) is 40.0 Å². The molecule has 0 radical (unpaired) electrons. The van der Waals surface area contributed by atoms with Crippen molar-refractivity contribution in [2.75, 3.05) is 16.8 Å². The number of anilines is 2.